The maximum atomic E-state index is 5.94. The number of aromatic nitrogens is 2. The molecule has 1 unspecified atom stereocenters. The fraction of sp³-hybridized carbons (Fsp3) is 0.474. The first kappa shape index (κ1) is 21.0. The first-order valence-electron chi connectivity index (χ1n) is 8.92. The molecule has 142 valence electrons. The molecule has 26 heavy (non-hydrogen) atoms. The third kappa shape index (κ3) is 5.61. The molecule has 1 aromatic carbocycles. The summed E-state index contributed by atoms with van der Waals surface area (Å²) < 4.78 is 1.88. The minimum absolute atomic E-state index is 0. The van der Waals surface area contributed by atoms with Crippen LogP contribution in [0.4, 0.5) is 0 Å². The highest BCUT2D eigenvalue weighted by Crippen LogP contribution is 2.26. The molecular formula is C19H27ClIN5. The highest BCUT2D eigenvalue weighted by atomic mass is 127. The molecule has 1 fully saturated rings. The van der Waals surface area contributed by atoms with Crippen LogP contribution in [0.3, 0.4) is 0 Å². The summed E-state index contributed by atoms with van der Waals surface area (Å²) in [6, 6.07) is 8.01. The average molecular weight is 488 g/mol. The smallest absolute Gasteiger partial charge is 0.193 e. The minimum Gasteiger partial charge on any atom is -0.357 e. The van der Waals surface area contributed by atoms with Crippen LogP contribution in [-0.2, 0) is 13.5 Å². The Kier molecular flexibility index (Phi) is 8.21. The molecule has 3 rings (SSSR count). The van der Waals surface area contributed by atoms with Gasteiger partial charge in [-0.25, -0.2) is 0 Å². The lowest BCUT2D eigenvalue weighted by Crippen LogP contribution is -2.40. The maximum absolute atomic E-state index is 5.94. The van der Waals surface area contributed by atoms with Crippen molar-refractivity contribution in [3.05, 3.63) is 52.8 Å². The van der Waals surface area contributed by atoms with E-state index in [1.807, 2.05) is 30.1 Å². The molecule has 0 spiro atoms. The van der Waals surface area contributed by atoms with Gasteiger partial charge in [0.2, 0.25) is 0 Å². The number of likely N-dealkylation sites (tertiary alicyclic amines) is 1. The summed E-state index contributed by atoms with van der Waals surface area (Å²) in [7, 11) is 1.97. The number of aryl methyl sites for hydroxylation is 1. The van der Waals surface area contributed by atoms with Crippen LogP contribution in [0.1, 0.15) is 30.4 Å². The van der Waals surface area contributed by atoms with E-state index >= 15 is 0 Å². The predicted octanol–water partition coefficient (Wildman–Crippen LogP) is 3.69. The molecular weight excluding hydrogens is 461 g/mol. The summed E-state index contributed by atoms with van der Waals surface area (Å²) in [5.74, 6) is 1.55. The highest BCUT2D eigenvalue weighted by molar-refractivity contribution is 14.0. The lowest BCUT2D eigenvalue weighted by Gasteiger charge is -2.21. The number of nitrogens with zero attached hydrogens (tertiary/aromatic N) is 4. The van der Waals surface area contributed by atoms with Crippen molar-refractivity contribution in [3.63, 3.8) is 0 Å². The zero-order valence-electron chi connectivity index (χ0n) is 15.4. The van der Waals surface area contributed by atoms with Crippen molar-refractivity contribution in [2.75, 3.05) is 26.2 Å². The van der Waals surface area contributed by atoms with E-state index in [0.29, 0.717) is 5.92 Å². The van der Waals surface area contributed by atoms with Crippen molar-refractivity contribution in [1.82, 2.24) is 20.0 Å². The number of halogens is 2. The van der Waals surface area contributed by atoms with Crippen LogP contribution in [0.2, 0.25) is 5.02 Å². The van der Waals surface area contributed by atoms with Gasteiger partial charge in [0.25, 0.3) is 0 Å². The Balaban J connectivity index is 0.00000243. The summed E-state index contributed by atoms with van der Waals surface area (Å²) >= 11 is 5.94. The van der Waals surface area contributed by atoms with Gasteiger partial charge in [-0.05, 0) is 43.0 Å². The molecule has 0 radical (unpaired) electrons. The van der Waals surface area contributed by atoms with Crippen LogP contribution in [-0.4, -0.2) is 46.8 Å². The Morgan fingerprint density at radius 3 is 2.77 bits per heavy atom. The number of nitrogens with one attached hydrogen (secondary N) is 1. The van der Waals surface area contributed by atoms with Crippen LogP contribution >= 0.6 is 35.6 Å². The van der Waals surface area contributed by atoms with Gasteiger partial charge < -0.3 is 10.2 Å². The normalized spacial score (nSPS) is 17.3. The van der Waals surface area contributed by atoms with E-state index in [0.717, 1.165) is 50.0 Å². The van der Waals surface area contributed by atoms with Crippen LogP contribution < -0.4 is 5.32 Å². The Morgan fingerprint density at radius 1 is 1.35 bits per heavy atom. The van der Waals surface area contributed by atoms with E-state index in [9.17, 15) is 0 Å². The van der Waals surface area contributed by atoms with Crippen LogP contribution in [0.25, 0.3) is 0 Å². The third-order valence-corrected chi connectivity index (χ3v) is 4.85. The van der Waals surface area contributed by atoms with Crippen LogP contribution in [0.15, 0.2) is 41.7 Å². The van der Waals surface area contributed by atoms with Gasteiger partial charge in [0.05, 0.1) is 6.20 Å². The molecule has 0 aliphatic carbocycles. The fourth-order valence-electron chi connectivity index (χ4n) is 3.24. The van der Waals surface area contributed by atoms with Crippen LogP contribution in [0.5, 0.6) is 0 Å². The molecule has 1 aromatic heterocycles. The maximum Gasteiger partial charge on any atom is 0.193 e. The lowest BCUT2D eigenvalue weighted by atomic mass is 10.0. The second-order valence-corrected chi connectivity index (χ2v) is 6.93. The average Bonchev–Trinajstić information content (AvgIpc) is 3.25. The van der Waals surface area contributed by atoms with Gasteiger partial charge in [-0.3, -0.25) is 9.67 Å². The van der Waals surface area contributed by atoms with Crippen molar-refractivity contribution in [3.8, 4) is 0 Å². The molecule has 5 nitrogen and oxygen atoms in total. The van der Waals surface area contributed by atoms with E-state index in [-0.39, 0.29) is 24.0 Å². The Labute approximate surface area is 177 Å². The molecule has 1 saturated heterocycles. The van der Waals surface area contributed by atoms with Crippen molar-refractivity contribution in [2.24, 2.45) is 12.0 Å². The molecule has 7 heteroatoms. The molecule has 1 atom stereocenters. The quantitative estimate of drug-likeness (QED) is 0.397. The SMILES string of the molecule is CCNC(=NCCc1ccc(Cl)cc1)N1CCC(c2cnn(C)c2)C1.I. The van der Waals surface area contributed by atoms with Crippen molar-refractivity contribution in [2.45, 2.75) is 25.7 Å². The van der Waals surface area contributed by atoms with Gasteiger partial charge >= 0.3 is 0 Å². The number of hydrogen-bond donors (Lipinski definition) is 1. The van der Waals surface area contributed by atoms with Crippen molar-refractivity contribution in [1.29, 1.82) is 0 Å². The van der Waals surface area contributed by atoms with E-state index in [4.69, 9.17) is 16.6 Å². The third-order valence-electron chi connectivity index (χ3n) is 4.59. The fourth-order valence-corrected chi connectivity index (χ4v) is 3.37. The zero-order valence-corrected chi connectivity index (χ0v) is 18.4. The van der Waals surface area contributed by atoms with E-state index in [1.54, 1.807) is 0 Å². The number of aliphatic imine (C=N–C) groups is 1. The molecule has 2 heterocycles. The molecule has 1 N–H and O–H groups in total. The molecule has 0 amide bonds. The predicted molar refractivity (Wildman–Crippen MR) is 119 cm³/mol. The van der Waals surface area contributed by atoms with Crippen molar-refractivity contribution >= 4 is 41.5 Å². The Hall–Kier alpha value is -1.28. The summed E-state index contributed by atoms with van der Waals surface area (Å²) in [5, 5.41) is 8.51. The van der Waals surface area contributed by atoms with Crippen molar-refractivity contribution < 1.29 is 0 Å². The lowest BCUT2D eigenvalue weighted by molar-refractivity contribution is 0.486. The largest absolute Gasteiger partial charge is 0.357 e. The number of hydrogen-bond acceptors (Lipinski definition) is 2. The number of rotatable bonds is 5. The van der Waals surface area contributed by atoms with E-state index in [1.165, 1.54) is 11.1 Å². The standard InChI is InChI=1S/C19H26ClN5.HI/c1-3-21-19(22-10-8-15-4-6-18(20)7-5-15)25-11-9-16(14-25)17-12-23-24(2)13-17;/h4-7,12-13,16H,3,8-11,14H2,1-2H3,(H,21,22);1H. The van der Waals surface area contributed by atoms with E-state index in [2.05, 4.69) is 40.6 Å². The number of guanidine groups is 1. The van der Waals surface area contributed by atoms with Gasteiger partial charge in [0.15, 0.2) is 5.96 Å². The summed E-state index contributed by atoms with van der Waals surface area (Å²) in [6.45, 7) is 5.81. The Morgan fingerprint density at radius 2 is 2.12 bits per heavy atom. The second-order valence-electron chi connectivity index (χ2n) is 6.49. The van der Waals surface area contributed by atoms with Crippen LogP contribution in [0, 0.1) is 0 Å². The second kappa shape index (κ2) is 10.2. The first-order chi connectivity index (χ1) is 12.2. The van der Waals surface area contributed by atoms with Gasteiger partial charge in [-0.2, -0.15) is 5.10 Å². The number of benzene rings is 1. The zero-order chi connectivity index (χ0) is 17.6. The summed E-state index contributed by atoms with van der Waals surface area (Å²) in [6.07, 6.45) is 6.18. The van der Waals surface area contributed by atoms with Gasteiger partial charge in [-0.1, -0.05) is 23.7 Å². The molecule has 2 aromatic rings. The topological polar surface area (TPSA) is 45.5 Å². The van der Waals surface area contributed by atoms with Gasteiger partial charge in [0.1, 0.15) is 0 Å². The molecule has 0 saturated carbocycles. The highest BCUT2D eigenvalue weighted by Gasteiger charge is 2.26. The molecule has 1 aliphatic rings. The Bertz CT molecular complexity index is 713. The van der Waals surface area contributed by atoms with E-state index < -0.39 is 0 Å². The van der Waals surface area contributed by atoms with Gasteiger partial charge in [-0.15, -0.1) is 24.0 Å². The summed E-state index contributed by atoms with van der Waals surface area (Å²) in [4.78, 5) is 7.19. The molecule has 0 bridgehead atoms. The minimum atomic E-state index is 0. The van der Waals surface area contributed by atoms with Gasteiger partial charge in [0, 0.05) is 50.4 Å². The molecule has 1 aliphatic heterocycles. The monoisotopic (exact) mass is 487 g/mol. The first-order valence-corrected chi connectivity index (χ1v) is 9.29. The summed E-state index contributed by atoms with van der Waals surface area (Å²) in [5.41, 5.74) is 2.58.